The number of anilines is 1. The summed E-state index contributed by atoms with van der Waals surface area (Å²) < 4.78 is 1.51. The molecule has 0 radical (unpaired) electrons. The first-order valence-corrected chi connectivity index (χ1v) is 7.80. The van der Waals surface area contributed by atoms with Crippen LogP contribution in [0.5, 0.6) is 0 Å². The molecule has 0 aliphatic carbocycles. The second-order valence-electron chi connectivity index (χ2n) is 4.30. The molecule has 86 valence electrons. The molecule has 1 aliphatic rings. The Labute approximate surface area is 108 Å². The van der Waals surface area contributed by atoms with Crippen LogP contribution in [0.4, 0.5) is 5.69 Å². The maximum absolute atomic E-state index is 3.55. The van der Waals surface area contributed by atoms with E-state index in [2.05, 4.69) is 59.9 Å². The van der Waals surface area contributed by atoms with Gasteiger partial charge in [-0.15, -0.1) is 0 Å². The molecule has 0 saturated carbocycles. The molecule has 2 heteroatoms. The van der Waals surface area contributed by atoms with Crippen LogP contribution in [0.1, 0.15) is 5.56 Å². The fourth-order valence-electron chi connectivity index (χ4n) is 2.19. The molecule has 0 spiro atoms. The van der Waals surface area contributed by atoms with Crippen LogP contribution in [0.3, 0.4) is 0 Å². The van der Waals surface area contributed by atoms with E-state index < -0.39 is 0 Å². The van der Waals surface area contributed by atoms with Gasteiger partial charge in [-0.25, -0.2) is 0 Å². The fourth-order valence-corrected chi connectivity index (χ4v) is 4.56. The summed E-state index contributed by atoms with van der Waals surface area (Å²) >= 11 is 0.571. The second kappa shape index (κ2) is 4.95. The monoisotopic (exact) mass is 289 g/mol. The van der Waals surface area contributed by atoms with E-state index in [0.717, 1.165) is 11.4 Å². The number of nitrogens with one attached hydrogen (secondary N) is 1. The van der Waals surface area contributed by atoms with Gasteiger partial charge in [-0.2, -0.15) is 0 Å². The third kappa shape index (κ3) is 2.54. The summed E-state index contributed by atoms with van der Waals surface area (Å²) in [6, 6.07) is 19.5. The Balaban J connectivity index is 1.72. The standard InChI is InChI=1S/C15H15NSe/c1-2-7-13(8-3-1)17-14-10-12-6-4-5-9-15(12)16-11-14/h1-9,14,16H,10-11H2. The Kier molecular flexibility index (Phi) is 3.17. The SMILES string of the molecule is c1ccc([Se]C2CNc3ccccc3C2)cc1. The molecule has 3 rings (SSSR count). The zero-order chi connectivity index (χ0) is 11.5. The van der Waals surface area contributed by atoms with Crippen LogP contribution in [0.2, 0.25) is 4.82 Å². The Morgan fingerprint density at radius 3 is 2.59 bits per heavy atom. The predicted molar refractivity (Wildman–Crippen MR) is 74.2 cm³/mol. The van der Waals surface area contributed by atoms with Crippen molar-refractivity contribution in [2.45, 2.75) is 11.2 Å². The van der Waals surface area contributed by atoms with E-state index in [1.54, 1.807) is 0 Å². The molecule has 1 N–H and O–H groups in total. The van der Waals surface area contributed by atoms with Crippen molar-refractivity contribution in [3.63, 3.8) is 0 Å². The van der Waals surface area contributed by atoms with Crippen LogP contribution in [0, 0.1) is 0 Å². The molecule has 17 heavy (non-hydrogen) atoms. The summed E-state index contributed by atoms with van der Waals surface area (Å²) in [6.07, 6.45) is 1.22. The minimum atomic E-state index is 0.571. The predicted octanol–water partition coefficient (Wildman–Crippen LogP) is 2.47. The summed E-state index contributed by atoms with van der Waals surface area (Å²) in [5.74, 6) is 0. The number of para-hydroxylation sites is 1. The van der Waals surface area contributed by atoms with Gasteiger partial charge in [0.15, 0.2) is 0 Å². The van der Waals surface area contributed by atoms with Crippen molar-refractivity contribution in [1.29, 1.82) is 0 Å². The third-order valence-electron chi connectivity index (χ3n) is 3.03. The van der Waals surface area contributed by atoms with E-state index in [1.807, 2.05) is 0 Å². The zero-order valence-corrected chi connectivity index (χ0v) is 11.3. The van der Waals surface area contributed by atoms with Crippen molar-refractivity contribution in [2.24, 2.45) is 0 Å². The summed E-state index contributed by atoms with van der Waals surface area (Å²) in [5, 5.41) is 3.55. The topological polar surface area (TPSA) is 12.0 Å². The average Bonchev–Trinajstić information content (AvgIpc) is 2.40. The second-order valence-corrected chi connectivity index (χ2v) is 7.18. The molecular weight excluding hydrogens is 273 g/mol. The van der Waals surface area contributed by atoms with Crippen LogP contribution < -0.4 is 9.78 Å². The minimum absolute atomic E-state index is 0.571. The maximum atomic E-state index is 3.55. The number of hydrogen-bond acceptors (Lipinski definition) is 1. The van der Waals surface area contributed by atoms with Gasteiger partial charge in [-0.1, -0.05) is 0 Å². The molecule has 0 aromatic heterocycles. The van der Waals surface area contributed by atoms with Crippen molar-refractivity contribution in [3.05, 3.63) is 60.2 Å². The van der Waals surface area contributed by atoms with Gasteiger partial charge in [-0.05, 0) is 0 Å². The van der Waals surface area contributed by atoms with Gasteiger partial charge < -0.3 is 0 Å². The summed E-state index contributed by atoms with van der Waals surface area (Å²) in [5.41, 5.74) is 2.80. The van der Waals surface area contributed by atoms with Crippen molar-refractivity contribution in [1.82, 2.24) is 0 Å². The molecule has 1 aliphatic heterocycles. The fraction of sp³-hybridized carbons (Fsp3) is 0.200. The molecule has 0 bridgehead atoms. The molecule has 2 aromatic rings. The van der Waals surface area contributed by atoms with E-state index in [0.29, 0.717) is 15.0 Å². The first-order valence-electron chi connectivity index (χ1n) is 5.95. The quantitative estimate of drug-likeness (QED) is 0.837. The molecule has 1 heterocycles. The first kappa shape index (κ1) is 10.9. The van der Waals surface area contributed by atoms with Gasteiger partial charge in [0.05, 0.1) is 0 Å². The molecule has 1 nitrogen and oxygen atoms in total. The van der Waals surface area contributed by atoms with E-state index in [1.165, 1.54) is 22.1 Å². The van der Waals surface area contributed by atoms with Gasteiger partial charge in [-0.3, -0.25) is 0 Å². The van der Waals surface area contributed by atoms with Gasteiger partial charge in [0.1, 0.15) is 0 Å². The van der Waals surface area contributed by atoms with Gasteiger partial charge >= 0.3 is 108 Å². The van der Waals surface area contributed by atoms with E-state index in [4.69, 9.17) is 0 Å². The zero-order valence-electron chi connectivity index (χ0n) is 9.60. The third-order valence-corrected chi connectivity index (χ3v) is 5.57. The molecule has 0 amide bonds. The Bertz CT molecular complexity index is 495. The van der Waals surface area contributed by atoms with E-state index in [-0.39, 0.29) is 0 Å². The van der Waals surface area contributed by atoms with Gasteiger partial charge in [0.25, 0.3) is 0 Å². The van der Waals surface area contributed by atoms with Crippen molar-refractivity contribution in [2.75, 3.05) is 11.9 Å². The first-order chi connectivity index (χ1) is 8.42. The number of hydrogen-bond donors (Lipinski definition) is 1. The number of fused-ring (bicyclic) bond motifs is 1. The molecule has 1 unspecified atom stereocenters. The number of benzene rings is 2. The molecule has 2 aromatic carbocycles. The van der Waals surface area contributed by atoms with Gasteiger partial charge in [0.2, 0.25) is 0 Å². The summed E-state index contributed by atoms with van der Waals surface area (Å²) in [7, 11) is 0. The molecular formula is C15H15NSe. The normalized spacial score (nSPS) is 18.2. The van der Waals surface area contributed by atoms with Crippen LogP contribution in [-0.4, -0.2) is 21.5 Å². The van der Waals surface area contributed by atoms with Crippen LogP contribution in [-0.2, 0) is 6.42 Å². The van der Waals surface area contributed by atoms with E-state index in [9.17, 15) is 0 Å². The Morgan fingerprint density at radius 2 is 1.71 bits per heavy atom. The van der Waals surface area contributed by atoms with E-state index >= 15 is 0 Å². The molecule has 1 atom stereocenters. The van der Waals surface area contributed by atoms with Crippen LogP contribution >= 0.6 is 0 Å². The Hall–Kier alpha value is -1.24. The summed E-state index contributed by atoms with van der Waals surface area (Å²) in [6.45, 7) is 1.12. The molecule has 0 fully saturated rings. The Morgan fingerprint density at radius 1 is 0.941 bits per heavy atom. The van der Waals surface area contributed by atoms with Crippen molar-refractivity contribution in [3.8, 4) is 0 Å². The van der Waals surface area contributed by atoms with Crippen LogP contribution in [0.25, 0.3) is 0 Å². The molecule has 0 saturated heterocycles. The van der Waals surface area contributed by atoms with Crippen LogP contribution in [0.15, 0.2) is 54.6 Å². The van der Waals surface area contributed by atoms with Crippen molar-refractivity contribution < 1.29 is 0 Å². The van der Waals surface area contributed by atoms with Crippen molar-refractivity contribution >= 4 is 25.1 Å². The van der Waals surface area contributed by atoms with Gasteiger partial charge in [0, 0.05) is 0 Å². The summed E-state index contributed by atoms with van der Waals surface area (Å²) in [4.78, 5) is 0.778. The number of rotatable bonds is 2. The average molecular weight is 288 g/mol.